The first-order valence-electron chi connectivity index (χ1n) is 6.34. The second kappa shape index (κ2) is 5.82. The zero-order valence-electron chi connectivity index (χ0n) is 10.4. The van der Waals surface area contributed by atoms with Crippen LogP contribution in [0, 0.1) is 0 Å². The van der Waals surface area contributed by atoms with Crippen LogP contribution >= 0.6 is 0 Å². The number of amides is 1. The van der Waals surface area contributed by atoms with Crippen LogP contribution in [0.3, 0.4) is 0 Å². The van der Waals surface area contributed by atoms with Gasteiger partial charge in [-0.3, -0.25) is 4.79 Å². The topological polar surface area (TPSA) is 32.3 Å². The van der Waals surface area contributed by atoms with Crippen molar-refractivity contribution in [2.45, 2.75) is 25.8 Å². The Morgan fingerprint density at radius 3 is 2.76 bits per heavy atom. The highest BCUT2D eigenvalue weighted by Crippen LogP contribution is 2.20. The summed E-state index contributed by atoms with van der Waals surface area (Å²) in [6, 6.07) is 10.4. The lowest BCUT2D eigenvalue weighted by molar-refractivity contribution is -0.132. The third-order valence-corrected chi connectivity index (χ3v) is 3.35. The van der Waals surface area contributed by atoms with Crippen molar-refractivity contribution in [3.8, 4) is 0 Å². The molecule has 1 saturated heterocycles. The molecule has 1 atom stereocenters. The maximum Gasteiger partial charge on any atom is 0.237 e. The highest BCUT2D eigenvalue weighted by atomic mass is 16.2. The van der Waals surface area contributed by atoms with E-state index in [0.29, 0.717) is 6.54 Å². The predicted molar refractivity (Wildman–Crippen MR) is 68.7 cm³/mol. The molecule has 1 fully saturated rings. The molecular weight excluding hydrogens is 212 g/mol. The van der Waals surface area contributed by atoms with Gasteiger partial charge in [0.15, 0.2) is 0 Å². The molecule has 0 aliphatic carbocycles. The monoisotopic (exact) mass is 232 g/mol. The van der Waals surface area contributed by atoms with Crippen LogP contribution in [0.4, 0.5) is 0 Å². The van der Waals surface area contributed by atoms with Crippen LogP contribution in [-0.4, -0.2) is 30.4 Å². The molecule has 2 rings (SSSR count). The van der Waals surface area contributed by atoms with Crippen molar-refractivity contribution in [3.05, 3.63) is 35.9 Å². The molecule has 1 aromatic carbocycles. The summed E-state index contributed by atoms with van der Waals surface area (Å²) in [5, 5.41) is 3.18. The van der Waals surface area contributed by atoms with E-state index < -0.39 is 0 Å². The largest absolute Gasteiger partial charge is 0.335 e. The summed E-state index contributed by atoms with van der Waals surface area (Å²) in [7, 11) is 0. The van der Waals surface area contributed by atoms with Gasteiger partial charge in [0, 0.05) is 6.54 Å². The van der Waals surface area contributed by atoms with Crippen LogP contribution in [0.5, 0.6) is 0 Å². The molecule has 1 aliphatic heterocycles. The Bertz CT molecular complexity index is 364. The number of nitrogens with one attached hydrogen (secondary N) is 1. The lowest BCUT2D eigenvalue weighted by Gasteiger charge is -2.31. The standard InChI is InChI=1S/C14H20N2O/c1-12(13-7-3-2-4-8-13)16-10-6-5-9-15-11-14(16)17/h2-4,7-8,12,15H,5-6,9-11H2,1H3. The molecule has 1 aromatic rings. The second-order valence-corrected chi connectivity index (χ2v) is 4.56. The molecule has 1 unspecified atom stereocenters. The maximum absolute atomic E-state index is 12.0. The number of hydrogen-bond donors (Lipinski definition) is 1. The van der Waals surface area contributed by atoms with Crippen molar-refractivity contribution < 1.29 is 4.79 Å². The first-order valence-corrected chi connectivity index (χ1v) is 6.34. The van der Waals surface area contributed by atoms with Gasteiger partial charge in [-0.15, -0.1) is 0 Å². The molecule has 3 nitrogen and oxygen atoms in total. The molecule has 0 aromatic heterocycles. The fourth-order valence-electron chi connectivity index (χ4n) is 2.27. The van der Waals surface area contributed by atoms with Gasteiger partial charge in [-0.1, -0.05) is 30.3 Å². The van der Waals surface area contributed by atoms with Gasteiger partial charge in [-0.25, -0.2) is 0 Å². The van der Waals surface area contributed by atoms with E-state index in [1.54, 1.807) is 0 Å². The van der Waals surface area contributed by atoms with E-state index in [1.807, 2.05) is 23.1 Å². The van der Waals surface area contributed by atoms with E-state index in [9.17, 15) is 4.79 Å². The molecular formula is C14H20N2O. The van der Waals surface area contributed by atoms with Gasteiger partial charge in [0.25, 0.3) is 0 Å². The third-order valence-electron chi connectivity index (χ3n) is 3.35. The smallest absolute Gasteiger partial charge is 0.237 e. The van der Waals surface area contributed by atoms with Crippen molar-refractivity contribution in [1.82, 2.24) is 10.2 Å². The lowest BCUT2D eigenvalue weighted by atomic mass is 10.1. The number of nitrogens with zero attached hydrogens (tertiary/aromatic N) is 1. The van der Waals surface area contributed by atoms with Gasteiger partial charge in [0.1, 0.15) is 0 Å². The molecule has 1 heterocycles. The van der Waals surface area contributed by atoms with Crippen LogP contribution in [0.25, 0.3) is 0 Å². The molecule has 1 amide bonds. The average Bonchev–Trinajstić information content (AvgIpc) is 2.35. The normalized spacial score (nSPS) is 19.6. The van der Waals surface area contributed by atoms with Gasteiger partial charge < -0.3 is 10.2 Å². The second-order valence-electron chi connectivity index (χ2n) is 4.56. The van der Waals surface area contributed by atoms with E-state index in [1.165, 1.54) is 5.56 Å². The van der Waals surface area contributed by atoms with E-state index >= 15 is 0 Å². The number of rotatable bonds is 2. The van der Waals surface area contributed by atoms with Crippen LogP contribution in [0.1, 0.15) is 31.4 Å². The fourth-order valence-corrected chi connectivity index (χ4v) is 2.27. The summed E-state index contributed by atoms with van der Waals surface area (Å²) in [6.45, 7) is 4.40. The summed E-state index contributed by atoms with van der Waals surface area (Å²) >= 11 is 0. The van der Waals surface area contributed by atoms with Gasteiger partial charge >= 0.3 is 0 Å². The first-order chi connectivity index (χ1) is 8.29. The summed E-state index contributed by atoms with van der Waals surface area (Å²) in [4.78, 5) is 14.0. The van der Waals surface area contributed by atoms with Crippen LogP contribution in [0.2, 0.25) is 0 Å². The van der Waals surface area contributed by atoms with E-state index in [0.717, 1.165) is 25.9 Å². The Labute approximate surface area is 103 Å². The van der Waals surface area contributed by atoms with Gasteiger partial charge in [0.05, 0.1) is 12.6 Å². The van der Waals surface area contributed by atoms with Crippen LogP contribution < -0.4 is 5.32 Å². The van der Waals surface area contributed by atoms with Crippen molar-refractivity contribution in [2.24, 2.45) is 0 Å². The Balaban J connectivity index is 2.10. The zero-order chi connectivity index (χ0) is 12.1. The molecule has 1 aliphatic rings. The highest BCUT2D eigenvalue weighted by molar-refractivity contribution is 5.78. The molecule has 0 bridgehead atoms. The van der Waals surface area contributed by atoms with Gasteiger partial charge in [-0.2, -0.15) is 0 Å². The molecule has 0 saturated carbocycles. The summed E-state index contributed by atoms with van der Waals surface area (Å²) in [6.07, 6.45) is 2.22. The van der Waals surface area contributed by atoms with E-state index in [-0.39, 0.29) is 11.9 Å². The Morgan fingerprint density at radius 1 is 1.24 bits per heavy atom. The minimum Gasteiger partial charge on any atom is -0.335 e. The predicted octanol–water partition coefficient (Wildman–Crippen LogP) is 1.96. The minimum absolute atomic E-state index is 0.170. The number of hydrogen-bond acceptors (Lipinski definition) is 2. The minimum atomic E-state index is 0.170. The summed E-state index contributed by atoms with van der Waals surface area (Å²) in [5.74, 6) is 0.209. The molecule has 92 valence electrons. The highest BCUT2D eigenvalue weighted by Gasteiger charge is 2.21. The Hall–Kier alpha value is -1.35. The van der Waals surface area contributed by atoms with Gasteiger partial charge in [-0.05, 0) is 31.9 Å². The maximum atomic E-state index is 12.0. The zero-order valence-corrected chi connectivity index (χ0v) is 10.4. The van der Waals surface area contributed by atoms with Gasteiger partial charge in [0.2, 0.25) is 5.91 Å². The van der Waals surface area contributed by atoms with Crippen molar-refractivity contribution >= 4 is 5.91 Å². The average molecular weight is 232 g/mol. The molecule has 3 heteroatoms. The molecule has 0 radical (unpaired) electrons. The van der Waals surface area contributed by atoms with Crippen molar-refractivity contribution in [1.29, 1.82) is 0 Å². The molecule has 0 spiro atoms. The number of carbonyl (C=O) groups is 1. The number of benzene rings is 1. The lowest BCUT2D eigenvalue weighted by Crippen LogP contribution is -2.42. The fraction of sp³-hybridized carbons (Fsp3) is 0.500. The SMILES string of the molecule is CC(c1ccccc1)N1CCCCNCC1=O. The molecule has 1 N–H and O–H groups in total. The Kier molecular flexibility index (Phi) is 4.15. The quantitative estimate of drug-likeness (QED) is 0.845. The Morgan fingerprint density at radius 2 is 2.00 bits per heavy atom. The van der Waals surface area contributed by atoms with Crippen LogP contribution in [0.15, 0.2) is 30.3 Å². The van der Waals surface area contributed by atoms with E-state index in [4.69, 9.17) is 0 Å². The number of carbonyl (C=O) groups excluding carboxylic acids is 1. The van der Waals surface area contributed by atoms with Crippen molar-refractivity contribution in [3.63, 3.8) is 0 Å². The third kappa shape index (κ3) is 3.07. The molecule has 17 heavy (non-hydrogen) atoms. The van der Waals surface area contributed by atoms with Crippen molar-refractivity contribution in [2.75, 3.05) is 19.6 Å². The van der Waals surface area contributed by atoms with Crippen LogP contribution in [-0.2, 0) is 4.79 Å². The summed E-state index contributed by atoms with van der Waals surface area (Å²) < 4.78 is 0. The summed E-state index contributed by atoms with van der Waals surface area (Å²) in [5.41, 5.74) is 1.21. The first kappa shape index (κ1) is 12.1. The van der Waals surface area contributed by atoms with E-state index in [2.05, 4.69) is 24.4 Å².